The third-order valence-corrected chi connectivity index (χ3v) is 3.97. The number of benzene rings is 1. The summed E-state index contributed by atoms with van der Waals surface area (Å²) >= 11 is 0. The van der Waals surface area contributed by atoms with Crippen molar-refractivity contribution < 1.29 is 9.53 Å². The maximum absolute atomic E-state index is 12.2. The van der Waals surface area contributed by atoms with Crippen LogP contribution in [0.25, 0.3) is 11.4 Å². The monoisotopic (exact) mass is 336 g/mol. The van der Waals surface area contributed by atoms with E-state index >= 15 is 0 Å². The second kappa shape index (κ2) is 7.61. The molecule has 6 nitrogen and oxygen atoms in total. The molecule has 1 N–H and O–H groups in total. The van der Waals surface area contributed by atoms with Crippen molar-refractivity contribution in [2.75, 3.05) is 13.7 Å². The van der Waals surface area contributed by atoms with E-state index in [9.17, 15) is 4.79 Å². The molecule has 0 fully saturated rings. The smallest absolute Gasteiger partial charge is 0.251 e. The lowest BCUT2D eigenvalue weighted by Gasteiger charge is -2.11. The van der Waals surface area contributed by atoms with Gasteiger partial charge in [-0.3, -0.25) is 9.78 Å². The Hall–Kier alpha value is -3.15. The Morgan fingerprint density at radius 2 is 1.88 bits per heavy atom. The molecule has 0 bridgehead atoms. The number of carbonyl (C=O) groups is 1. The van der Waals surface area contributed by atoms with Gasteiger partial charge in [-0.15, -0.1) is 0 Å². The van der Waals surface area contributed by atoms with Gasteiger partial charge in [-0.2, -0.15) is 0 Å². The molecule has 2 heterocycles. The standard InChI is InChI=1S/C19H20N4O2/c1-14-13-22-18(15-7-9-20-10-8-15)23(14)12-11-21-19(24)16-3-5-17(25-2)6-4-16/h3-10,13H,11-12H2,1-2H3,(H,21,24). The zero-order chi connectivity index (χ0) is 17.6. The molecule has 0 unspecified atom stereocenters. The Morgan fingerprint density at radius 3 is 2.56 bits per heavy atom. The summed E-state index contributed by atoms with van der Waals surface area (Å²) in [5, 5.41) is 2.94. The quantitative estimate of drug-likeness (QED) is 0.751. The average Bonchev–Trinajstić information content (AvgIpc) is 3.03. The molecule has 0 radical (unpaired) electrons. The minimum atomic E-state index is -0.106. The Kier molecular flexibility index (Phi) is 5.09. The summed E-state index contributed by atoms with van der Waals surface area (Å²) in [5.41, 5.74) is 2.66. The number of imidazole rings is 1. The summed E-state index contributed by atoms with van der Waals surface area (Å²) in [4.78, 5) is 20.7. The third kappa shape index (κ3) is 3.85. The van der Waals surface area contributed by atoms with Gasteiger partial charge in [0, 0.05) is 48.5 Å². The second-order valence-corrected chi connectivity index (χ2v) is 5.60. The SMILES string of the molecule is COc1ccc(C(=O)NCCn2c(C)cnc2-c2ccncc2)cc1. The molecule has 2 aromatic heterocycles. The van der Waals surface area contributed by atoms with E-state index in [0.717, 1.165) is 22.8 Å². The zero-order valence-electron chi connectivity index (χ0n) is 14.3. The summed E-state index contributed by atoms with van der Waals surface area (Å²) in [6.45, 7) is 3.16. The van der Waals surface area contributed by atoms with Crippen molar-refractivity contribution in [1.29, 1.82) is 0 Å². The van der Waals surface area contributed by atoms with Gasteiger partial charge in [0.25, 0.3) is 5.91 Å². The van der Waals surface area contributed by atoms with Gasteiger partial charge in [-0.1, -0.05) is 0 Å². The number of hydrogen-bond donors (Lipinski definition) is 1. The van der Waals surface area contributed by atoms with Crippen LogP contribution < -0.4 is 10.1 Å². The molecule has 0 saturated heterocycles. The van der Waals surface area contributed by atoms with Gasteiger partial charge in [-0.05, 0) is 43.3 Å². The van der Waals surface area contributed by atoms with E-state index in [1.165, 1.54) is 0 Å². The zero-order valence-corrected chi connectivity index (χ0v) is 14.3. The van der Waals surface area contributed by atoms with Crippen LogP contribution in [0.2, 0.25) is 0 Å². The summed E-state index contributed by atoms with van der Waals surface area (Å²) < 4.78 is 7.19. The van der Waals surface area contributed by atoms with E-state index in [1.54, 1.807) is 43.8 Å². The van der Waals surface area contributed by atoms with Gasteiger partial charge in [0.1, 0.15) is 11.6 Å². The number of amides is 1. The van der Waals surface area contributed by atoms with E-state index in [1.807, 2.05) is 25.3 Å². The normalized spacial score (nSPS) is 10.5. The lowest BCUT2D eigenvalue weighted by molar-refractivity contribution is 0.0952. The van der Waals surface area contributed by atoms with Crippen LogP contribution in [-0.4, -0.2) is 34.1 Å². The van der Waals surface area contributed by atoms with E-state index in [-0.39, 0.29) is 5.91 Å². The minimum Gasteiger partial charge on any atom is -0.497 e. The number of nitrogens with one attached hydrogen (secondary N) is 1. The number of rotatable bonds is 6. The summed E-state index contributed by atoms with van der Waals surface area (Å²) in [7, 11) is 1.60. The highest BCUT2D eigenvalue weighted by Gasteiger charge is 2.10. The molecule has 3 rings (SSSR count). The fraction of sp³-hybridized carbons (Fsp3) is 0.211. The van der Waals surface area contributed by atoms with Gasteiger partial charge >= 0.3 is 0 Å². The third-order valence-electron chi connectivity index (χ3n) is 3.97. The highest BCUT2D eigenvalue weighted by molar-refractivity contribution is 5.94. The summed E-state index contributed by atoms with van der Waals surface area (Å²) in [6.07, 6.45) is 5.32. The molecule has 128 valence electrons. The van der Waals surface area contributed by atoms with Crippen LogP contribution in [0.15, 0.2) is 55.0 Å². The predicted molar refractivity (Wildman–Crippen MR) is 95.5 cm³/mol. The van der Waals surface area contributed by atoms with Crippen molar-refractivity contribution in [3.05, 3.63) is 66.2 Å². The van der Waals surface area contributed by atoms with Crippen LogP contribution in [0.1, 0.15) is 16.1 Å². The van der Waals surface area contributed by atoms with Gasteiger partial charge in [0.15, 0.2) is 0 Å². The van der Waals surface area contributed by atoms with Crippen LogP contribution in [0.3, 0.4) is 0 Å². The van der Waals surface area contributed by atoms with E-state index < -0.39 is 0 Å². The second-order valence-electron chi connectivity index (χ2n) is 5.60. The first kappa shape index (κ1) is 16.7. The van der Waals surface area contributed by atoms with E-state index in [2.05, 4.69) is 19.9 Å². The van der Waals surface area contributed by atoms with Crippen molar-refractivity contribution in [2.45, 2.75) is 13.5 Å². The van der Waals surface area contributed by atoms with Crippen LogP contribution in [0.4, 0.5) is 0 Å². The van der Waals surface area contributed by atoms with Crippen molar-refractivity contribution in [1.82, 2.24) is 19.9 Å². The van der Waals surface area contributed by atoms with Gasteiger partial charge in [-0.25, -0.2) is 4.98 Å². The van der Waals surface area contributed by atoms with Crippen LogP contribution >= 0.6 is 0 Å². The van der Waals surface area contributed by atoms with Crippen LogP contribution in [0.5, 0.6) is 5.75 Å². The van der Waals surface area contributed by atoms with Gasteiger partial charge in [0.05, 0.1) is 7.11 Å². The topological polar surface area (TPSA) is 69.0 Å². The fourth-order valence-corrected chi connectivity index (χ4v) is 2.60. The molecule has 0 spiro atoms. The van der Waals surface area contributed by atoms with Crippen molar-refractivity contribution in [3.63, 3.8) is 0 Å². The number of carbonyl (C=O) groups excluding carboxylic acids is 1. The Labute approximate surface area is 146 Å². The fourth-order valence-electron chi connectivity index (χ4n) is 2.60. The summed E-state index contributed by atoms with van der Waals surface area (Å²) in [5.74, 6) is 1.50. The predicted octanol–water partition coefficient (Wildman–Crippen LogP) is 2.69. The number of aryl methyl sites for hydroxylation is 1. The first-order valence-corrected chi connectivity index (χ1v) is 8.04. The van der Waals surface area contributed by atoms with Gasteiger partial charge < -0.3 is 14.6 Å². The minimum absolute atomic E-state index is 0.106. The molecule has 6 heteroatoms. The van der Waals surface area contributed by atoms with E-state index in [4.69, 9.17) is 4.74 Å². The molecule has 0 aliphatic carbocycles. The van der Waals surface area contributed by atoms with Crippen molar-refractivity contribution in [3.8, 4) is 17.1 Å². The van der Waals surface area contributed by atoms with Gasteiger partial charge in [0.2, 0.25) is 0 Å². The molecule has 0 saturated carbocycles. The molecular weight excluding hydrogens is 316 g/mol. The molecule has 25 heavy (non-hydrogen) atoms. The van der Waals surface area contributed by atoms with Crippen molar-refractivity contribution >= 4 is 5.91 Å². The van der Waals surface area contributed by atoms with Crippen LogP contribution in [0, 0.1) is 6.92 Å². The molecule has 3 aromatic rings. The molecular formula is C19H20N4O2. The number of pyridine rings is 1. The lowest BCUT2D eigenvalue weighted by Crippen LogP contribution is -2.27. The molecule has 1 aromatic carbocycles. The Balaban J connectivity index is 1.64. The molecule has 1 amide bonds. The number of nitrogens with zero attached hydrogens (tertiary/aromatic N) is 3. The molecule has 0 aliphatic rings. The maximum atomic E-state index is 12.2. The number of aromatic nitrogens is 3. The number of hydrogen-bond acceptors (Lipinski definition) is 4. The number of ether oxygens (including phenoxy) is 1. The Bertz CT molecular complexity index is 842. The largest absolute Gasteiger partial charge is 0.497 e. The highest BCUT2D eigenvalue weighted by Crippen LogP contribution is 2.18. The summed E-state index contributed by atoms with van der Waals surface area (Å²) in [6, 6.07) is 10.9. The lowest BCUT2D eigenvalue weighted by atomic mass is 10.2. The average molecular weight is 336 g/mol. The molecule has 0 atom stereocenters. The van der Waals surface area contributed by atoms with Crippen LogP contribution in [-0.2, 0) is 6.54 Å². The first-order chi connectivity index (χ1) is 12.2. The number of methoxy groups -OCH3 is 1. The van der Waals surface area contributed by atoms with Crippen molar-refractivity contribution in [2.24, 2.45) is 0 Å². The molecule has 0 aliphatic heterocycles. The maximum Gasteiger partial charge on any atom is 0.251 e. The Morgan fingerprint density at radius 1 is 1.16 bits per heavy atom. The van der Waals surface area contributed by atoms with E-state index in [0.29, 0.717) is 18.7 Å². The first-order valence-electron chi connectivity index (χ1n) is 8.04. The highest BCUT2D eigenvalue weighted by atomic mass is 16.5.